The molecule has 0 saturated heterocycles. The van der Waals surface area contributed by atoms with Gasteiger partial charge in [-0.2, -0.15) is 4.98 Å². The fourth-order valence-electron chi connectivity index (χ4n) is 1.35. The molecule has 0 saturated carbocycles. The van der Waals surface area contributed by atoms with Gasteiger partial charge in [0.25, 0.3) is 0 Å². The Bertz CT molecular complexity index is 409. The first-order chi connectivity index (χ1) is 6.97. The topological polar surface area (TPSA) is 83.0 Å². The molecule has 0 aliphatic heterocycles. The zero-order valence-corrected chi connectivity index (χ0v) is 8.78. The van der Waals surface area contributed by atoms with Gasteiger partial charge in [-0.3, -0.25) is 4.79 Å². The van der Waals surface area contributed by atoms with Crippen LogP contribution in [-0.4, -0.2) is 21.0 Å². The van der Waals surface area contributed by atoms with Gasteiger partial charge >= 0.3 is 11.7 Å². The summed E-state index contributed by atoms with van der Waals surface area (Å²) in [6.45, 7) is 4.03. The number of carboxylic acid groups (broad SMARTS) is 1. The van der Waals surface area contributed by atoms with Gasteiger partial charge in [-0.15, -0.1) is 0 Å². The van der Waals surface area contributed by atoms with E-state index in [0.717, 1.165) is 0 Å². The lowest BCUT2D eigenvalue weighted by Crippen LogP contribution is -2.18. The van der Waals surface area contributed by atoms with Crippen molar-refractivity contribution in [3.05, 3.63) is 27.9 Å². The Hall–Kier alpha value is -1.65. The molecular formula is C10H14N2O3. The van der Waals surface area contributed by atoms with E-state index in [0.29, 0.717) is 23.7 Å². The third kappa shape index (κ3) is 3.93. The van der Waals surface area contributed by atoms with E-state index in [1.54, 1.807) is 6.07 Å². The average Bonchev–Trinajstić information content (AvgIpc) is 1.98. The first kappa shape index (κ1) is 11.4. The maximum atomic E-state index is 11.1. The van der Waals surface area contributed by atoms with Gasteiger partial charge in [0.15, 0.2) is 0 Å². The number of carboxylic acids is 1. The largest absolute Gasteiger partial charge is 0.481 e. The van der Waals surface area contributed by atoms with Crippen molar-refractivity contribution in [2.75, 3.05) is 0 Å². The second-order valence-corrected chi connectivity index (χ2v) is 3.87. The van der Waals surface area contributed by atoms with Gasteiger partial charge in [0.1, 0.15) is 0 Å². The number of aliphatic carboxylic acids is 1. The molecular weight excluding hydrogens is 196 g/mol. The summed E-state index contributed by atoms with van der Waals surface area (Å²) >= 11 is 0. The Labute approximate surface area is 87.2 Å². The molecule has 0 spiro atoms. The molecule has 0 bridgehead atoms. The Balaban J connectivity index is 2.94. The minimum absolute atomic E-state index is 0.178. The smallest absolute Gasteiger partial charge is 0.345 e. The van der Waals surface area contributed by atoms with E-state index >= 15 is 0 Å². The van der Waals surface area contributed by atoms with Crippen molar-refractivity contribution in [3.63, 3.8) is 0 Å². The number of rotatable bonds is 4. The number of aromatic nitrogens is 2. The molecule has 15 heavy (non-hydrogen) atoms. The molecule has 82 valence electrons. The van der Waals surface area contributed by atoms with Crippen molar-refractivity contribution in [2.45, 2.75) is 26.7 Å². The van der Waals surface area contributed by atoms with Gasteiger partial charge in [-0.1, -0.05) is 13.8 Å². The maximum absolute atomic E-state index is 11.1. The summed E-state index contributed by atoms with van der Waals surface area (Å²) in [5, 5.41) is 8.59. The first-order valence-corrected chi connectivity index (χ1v) is 4.78. The third-order valence-corrected chi connectivity index (χ3v) is 1.81. The van der Waals surface area contributed by atoms with Crippen molar-refractivity contribution in [1.82, 2.24) is 9.97 Å². The fourth-order valence-corrected chi connectivity index (χ4v) is 1.35. The lowest BCUT2D eigenvalue weighted by Gasteiger charge is -2.04. The van der Waals surface area contributed by atoms with Crippen LogP contribution in [0, 0.1) is 5.92 Å². The van der Waals surface area contributed by atoms with Crippen molar-refractivity contribution < 1.29 is 9.90 Å². The Morgan fingerprint density at radius 2 is 2.27 bits per heavy atom. The molecule has 2 N–H and O–H groups in total. The minimum atomic E-state index is -0.965. The predicted octanol–water partition coefficient (Wildman–Crippen LogP) is 0.596. The van der Waals surface area contributed by atoms with Gasteiger partial charge < -0.3 is 10.1 Å². The molecule has 0 amide bonds. The normalized spacial score (nSPS) is 10.6. The van der Waals surface area contributed by atoms with E-state index in [1.807, 2.05) is 13.8 Å². The van der Waals surface area contributed by atoms with E-state index < -0.39 is 11.7 Å². The van der Waals surface area contributed by atoms with Crippen LogP contribution >= 0.6 is 0 Å². The van der Waals surface area contributed by atoms with Crippen molar-refractivity contribution >= 4 is 5.97 Å². The van der Waals surface area contributed by atoms with Crippen LogP contribution in [0.15, 0.2) is 10.9 Å². The monoisotopic (exact) mass is 210 g/mol. The van der Waals surface area contributed by atoms with Crippen LogP contribution < -0.4 is 5.69 Å². The lowest BCUT2D eigenvalue weighted by atomic mass is 10.1. The van der Waals surface area contributed by atoms with Crippen LogP contribution in [0.25, 0.3) is 0 Å². The highest BCUT2D eigenvalue weighted by molar-refractivity contribution is 5.69. The molecule has 0 unspecified atom stereocenters. The molecule has 0 aliphatic carbocycles. The number of hydrogen-bond acceptors (Lipinski definition) is 3. The highest BCUT2D eigenvalue weighted by atomic mass is 16.4. The fraction of sp³-hybridized carbons (Fsp3) is 0.500. The van der Waals surface area contributed by atoms with Gasteiger partial charge in [0.05, 0.1) is 6.42 Å². The molecule has 0 fully saturated rings. The number of nitrogens with zero attached hydrogens (tertiary/aromatic N) is 1. The average molecular weight is 210 g/mol. The predicted molar refractivity (Wildman–Crippen MR) is 54.7 cm³/mol. The van der Waals surface area contributed by atoms with Crippen molar-refractivity contribution in [2.24, 2.45) is 5.92 Å². The van der Waals surface area contributed by atoms with E-state index in [-0.39, 0.29) is 6.42 Å². The summed E-state index contributed by atoms with van der Waals surface area (Å²) in [6, 6.07) is 1.63. The molecule has 0 atom stereocenters. The van der Waals surface area contributed by atoms with Gasteiger partial charge in [0, 0.05) is 11.4 Å². The number of nitrogens with one attached hydrogen (secondary N) is 1. The second kappa shape index (κ2) is 4.72. The summed E-state index contributed by atoms with van der Waals surface area (Å²) in [5.74, 6) is -0.579. The van der Waals surface area contributed by atoms with Crippen LogP contribution in [0.1, 0.15) is 25.2 Å². The SMILES string of the molecule is CC(C)Cc1cc(CC(=O)O)[nH]c(=O)n1. The van der Waals surface area contributed by atoms with Crippen LogP contribution in [0.3, 0.4) is 0 Å². The van der Waals surface area contributed by atoms with E-state index in [1.165, 1.54) is 0 Å². The van der Waals surface area contributed by atoms with Crippen LogP contribution in [-0.2, 0) is 17.6 Å². The molecule has 0 radical (unpaired) electrons. The van der Waals surface area contributed by atoms with E-state index in [2.05, 4.69) is 9.97 Å². The minimum Gasteiger partial charge on any atom is -0.481 e. The van der Waals surface area contributed by atoms with E-state index in [9.17, 15) is 9.59 Å². The van der Waals surface area contributed by atoms with Crippen molar-refractivity contribution in [1.29, 1.82) is 0 Å². The van der Waals surface area contributed by atoms with Gasteiger partial charge in [-0.05, 0) is 18.4 Å². The summed E-state index contributed by atoms with van der Waals surface area (Å²) in [7, 11) is 0. The molecule has 1 aromatic rings. The second-order valence-electron chi connectivity index (χ2n) is 3.87. The number of aromatic amines is 1. The molecule has 1 heterocycles. The molecule has 1 rings (SSSR count). The Kier molecular flexibility index (Phi) is 3.60. The highest BCUT2D eigenvalue weighted by Gasteiger charge is 2.06. The van der Waals surface area contributed by atoms with E-state index in [4.69, 9.17) is 5.11 Å². The van der Waals surface area contributed by atoms with Gasteiger partial charge in [-0.25, -0.2) is 4.79 Å². The zero-order chi connectivity index (χ0) is 11.4. The number of H-pyrrole nitrogens is 1. The Morgan fingerprint density at radius 1 is 1.60 bits per heavy atom. The molecule has 0 aromatic carbocycles. The summed E-state index contributed by atoms with van der Waals surface area (Å²) in [5.41, 5.74) is 0.563. The van der Waals surface area contributed by atoms with Crippen LogP contribution in [0.4, 0.5) is 0 Å². The summed E-state index contributed by atoms with van der Waals surface area (Å²) in [4.78, 5) is 27.8. The number of hydrogen-bond donors (Lipinski definition) is 2. The zero-order valence-electron chi connectivity index (χ0n) is 8.78. The molecule has 5 heteroatoms. The molecule has 0 aliphatic rings. The van der Waals surface area contributed by atoms with Gasteiger partial charge in [0.2, 0.25) is 0 Å². The highest BCUT2D eigenvalue weighted by Crippen LogP contribution is 2.04. The molecule has 1 aromatic heterocycles. The Morgan fingerprint density at radius 3 is 2.80 bits per heavy atom. The molecule has 5 nitrogen and oxygen atoms in total. The summed E-state index contributed by atoms with van der Waals surface area (Å²) in [6.07, 6.45) is 0.499. The van der Waals surface area contributed by atoms with Crippen LogP contribution in [0.5, 0.6) is 0 Å². The first-order valence-electron chi connectivity index (χ1n) is 4.78. The van der Waals surface area contributed by atoms with Crippen molar-refractivity contribution in [3.8, 4) is 0 Å². The number of carbonyl (C=O) groups is 1. The van der Waals surface area contributed by atoms with Crippen LogP contribution in [0.2, 0.25) is 0 Å². The summed E-state index contributed by atoms with van der Waals surface area (Å²) < 4.78 is 0. The quantitative estimate of drug-likeness (QED) is 0.762. The lowest BCUT2D eigenvalue weighted by molar-refractivity contribution is -0.136. The standard InChI is InChI=1S/C10H14N2O3/c1-6(2)3-7-4-8(5-9(13)14)12-10(15)11-7/h4,6H,3,5H2,1-2H3,(H,13,14)(H,11,12,15). The third-order valence-electron chi connectivity index (χ3n) is 1.81. The maximum Gasteiger partial charge on any atom is 0.345 e.